The summed E-state index contributed by atoms with van der Waals surface area (Å²) in [5, 5.41) is 10.7. The van der Waals surface area contributed by atoms with Crippen LogP contribution in [0.4, 0.5) is 0 Å². The van der Waals surface area contributed by atoms with Crippen LogP contribution >= 0.6 is 11.3 Å². The number of thiazole rings is 1. The number of aromatic nitrogens is 3. The Labute approximate surface area is 119 Å². The number of hydrogen-bond acceptors (Lipinski definition) is 5. The van der Waals surface area contributed by atoms with Crippen LogP contribution in [0.5, 0.6) is 0 Å². The first-order valence-corrected chi connectivity index (χ1v) is 7.09. The van der Waals surface area contributed by atoms with Crippen molar-refractivity contribution in [3.8, 4) is 0 Å². The third kappa shape index (κ3) is 3.11. The van der Waals surface area contributed by atoms with E-state index in [2.05, 4.69) is 9.97 Å². The van der Waals surface area contributed by atoms with E-state index in [1.54, 1.807) is 17.0 Å². The second kappa shape index (κ2) is 5.96. The molecule has 0 aliphatic carbocycles. The zero-order chi connectivity index (χ0) is 14.7. The molecule has 2 heterocycles. The molecule has 0 fully saturated rings. The molecule has 0 amide bonds. The van der Waals surface area contributed by atoms with Crippen LogP contribution in [0.1, 0.15) is 29.1 Å². The molecule has 0 unspecified atom stereocenters. The normalized spacial score (nSPS) is 10.7. The Morgan fingerprint density at radius 1 is 1.45 bits per heavy atom. The maximum absolute atomic E-state index is 12.0. The molecule has 0 aliphatic heterocycles. The van der Waals surface area contributed by atoms with Crippen LogP contribution in [-0.4, -0.2) is 25.6 Å². The number of hydrogen-bond donors (Lipinski definition) is 1. The summed E-state index contributed by atoms with van der Waals surface area (Å²) in [6, 6.07) is 0. The predicted molar refractivity (Wildman–Crippen MR) is 75.1 cm³/mol. The summed E-state index contributed by atoms with van der Waals surface area (Å²) in [5.74, 6) is -0.860. The predicted octanol–water partition coefficient (Wildman–Crippen LogP) is 1.38. The van der Waals surface area contributed by atoms with Gasteiger partial charge in [-0.15, -0.1) is 11.3 Å². The summed E-state index contributed by atoms with van der Waals surface area (Å²) < 4.78 is 1.54. The van der Waals surface area contributed by atoms with E-state index in [0.29, 0.717) is 18.7 Å². The van der Waals surface area contributed by atoms with Gasteiger partial charge in [0.15, 0.2) is 0 Å². The fourth-order valence-electron chi connectivity index (χ4n) is 2.10. The third-order valence-corrected chi connectivity index (χ3v) is 3.80. The topological polar surface area (TPSA) is 85.1 Å². The Kier molecular flexibility index (Phi) is 4.29. The number of carboxylic acids is 1. The van der Waals surface area contributed by atoms with Crippen molar-refractivity contribution in [3.05, 3.63) is 44.0 Å². The molecule has 0 bridgehead atoms. The lowest BCUT2D eigenvalue weighted by Gasteiger charge is -2.14. The van der Waals surface area contributed by atoms with Crippen molar-refractivity contribution < 1.29 is 9.90 Å². The highest BCUT2D eigenvalue weighted by molar-refractivity contribution is 7.07. The van der Waals surface area contributed by atoms with Gasteiger partial charge in [0, 0.05) is 23.2 Å². The molecular weight excluding hydrogens is 278 g/mol. The average molecular weight is 293 g/mol. The molecule has 0 atom stereocenters. The minimum Gasteiger partial charge on any atom is -0.481 e. The Morgan fingerprint density at radius 3 is 2.80 bits per heavy atom. The number of carboxylic acid groups (broad SMARTS) is 1. The summed E-state index contributed by atoms with van der Waals surface area (Å²) in [4.78, 5) is 30.8. The first-order chi connectivity index (χ1) is 9.49. The molecule has 7 heteroatoms. The van der Waals surface area contributed by atoms with Crippen molar-refractivity contribution in [2.24, 2.45) is 0 Å². The highest BCUT2D eigenvalue weighted by Gasteiger charge is 2.13. The van der Waals surface area contributed by atoms with Crippen LogP contribution in [0.3, 0.4) is 0 Å². The van der Waals surface area contributed by atoms with Gasteiger partial charge in [-0.05, 0) is 25.8 Å². The molecule has 106 valence electrons. The highest BCUT2D eigenvalue weighted by atomic mass is 32.1. The van der Waals surface area contributed by atoms with Gasteiger partial charge in [0.1, 0.15) is 0 Å². The summed E-state index contributed by atoms with van der Waals surface area (Å²) >= 11 is 1.47. The van der Waals surface area contributed by atoms with Gasteiger partial charge in [-0.2, -0.15) is 4.98 Å². The zero-order valence-electron chi connectivity index (χ0n) is 11.3. The standard InChI is InChI=1S/C13H15N3O3S/c1-8-11(3-4-12(17)18)9(2)16(13(19)15-8)5-10-6-20-7-14-10/h6-7H,3-5H2,1-2H3,(H,17,18). The Morgan fingerprint density at radius 2 is 2.20 bits per heavy atom. The maximum atomic E-state index is 12.0. The minimum atomic E-state index is -0.860. The van der Waals surface area contributed by atoms with Gasteiger partial charge in [-0.25, -0.2) is 9.78 Å². The molecule has 0 radical (unpaired) electrons. The molecule has 0 aliphatic rings. The van der Waals surface area contributed by atoms with Crippen LogP contribution in [0.2, 0.25) is 0 Å². The van der Waals surface area contributed by atoms with Gasteiger partial charge in [-0.3, -0.25) is 9.36 Å². The van der Waals surface area contributed by atoms with Gasteiger partial charge in [-0.1, -0.05) is 0 Å². The second-order valence-electron chi connectivity index (χ2n) is 4.50. The zero-order valence-corrected chi connectivity index (χ0v) is 12.1. The first-order valence-electron chi connectivity index (χ1n) is 6.15. The molecular formula is C13H15N3O3S. The largest absolute Gasteiger partial charge is 0.481 e. The summed E-state index contributed by atoms with van der Waals surface area (Å²) in [6.45, 7) is 3.92. The van der Waals surface area contributed by atoms with E-state index in [-0.39, 0.29) is 12.1 Å². The molecule has 6 nitrogen and oxygen atoms in total. The number of aryl methyl sites for hydroxylation is 1. The highest BCUT2D eigenvalue weighted by Crippen LogP contribution is 2.13. The molecule has 1 N–H and O–H groups in total. The minimum absolute atomic E-state index is 0.0261. The molecule has 0 aromatic carbocycles. The number of nitrogens with zero attached hydrogens (tertiary/aromatic N) is 3. The van der Waals surface area contributed by atoms with E-state index in [9.17, 15) is 9.59 Å². The Bertz CT molecular complexity index is 677. The first kappa shape index (κ1) is 14.4. The number of aliphatic carboxylic acids is 1. The van der Waals surface area contributed by atoms with Gasteiger partial charge >= 0.3 is 11.7 Å². The third-order valence-electron chi connectivity index (χ3n) is 3.17. The molecule has 0 saturated heterocycles. The lowest BCUT2D eigenvalue weighted by molar-refractivity contribution is -0.136. The smallest absolute Gasteiger partial charge is 0.348 e. The van der Waals surface area contributed by atoms with Gasteiger partial charge in [0.2, 0.25) is 0 Å². The van der Waals surface area contributed by atoms with Crippen molar-refractivity contribution in [2.75, 3.05) is 0 Å². The second-order valence-corrected chi connectivity index (χ2v) is 5.22. The number of rotatable bonds is 5. The lowest BCUT2D eigenvalue weighted by atomic mass is 10.1. The van der Waals surface area contributed by atoms with Crippen molar-refractivity contribution in [1.82, 2.24) is 14.5 Å². The van der Waals surface area contributed by atoms with Crippen molar-refractivity contribution >= 4 is 17.3 Å². The lowest BCUT2D eigenvalue weighted by Crippen LogP contribution is -2.28. The SMILES string of the molecule is Cc1nc(=O)n(Cc2cscn2)c(C)c1CCC(=O)O. The van der Waals surface area contributed by atoms with Crippen LogP contribution in [0.25, 0.3) is 0 Å². The van der Waals surface area contributed by atoms with Crippen LogP contribution in [0, 0.1) is 13.8 Å². The van der Waals surface area contributed by atoms with E-state index < -0.39 is 5.97 Å². The number of carbonyl (C=O) groups is 1. The van der Waals surface area contributed by atoms with E-state index in [4.69, 9.17) is 5.11 Å². The molecule has 2 rings (SSSR count). The molecule has 2 aromatic heterocycles. The maximum Gasteiger partial charge on any atom is 0.348 e. The van der Waals surface area contributed by atoms with Gasteiger partial charge < -0.3 is 5.11 Å². The summed E-state index contributed by atoms with van der Waals surface area (Å²) in [6.07, 6.45) is 0.398. The monoisotopic (exact) mass is 293 g/mol. The van der Waals surface area contributed by atoms with Gasteiger partial charge in [0.25, 0.3) is 0 Å². The van der Waals surface area contributed by atoms with E-state index in [1.807, 2.05) is 12.3 Å². The molecule has 0 spiro atoms. The van der Waals surface area contributed by atoms with E-state index >= 15 is 0 Å². The van der Waals surface area contributed by atoms with E-state index in [1.165, 1.54) is 11.3 Å². The summed E-state index contributed by atoms with van der Waals surface area (Å²) in [5.41, 5.74) is 4.37. The van der Waals surface area contributed by atoms with Crippen LogP contribution in [-0.2, 0) is 17.8 Å². The van der Waals surface area contributed by atoms with Crippen molar-refractivity contribution in [2.45, 2.75) is 33.2 Å². The average Bonchev–Trinajstić information content (AvgIpc) is 2.86. The van der Waals surface area contributed by atoms with E-state index in [0.717, 1.165) is 17.0 Å². The quantitative estimate of drug-likeness (QED) is 0.900. The molecule has 0 saturated carbocycles. The molecule has 2 aromatic rings. The molecule has 20 heavy (non-hydrogen) atoms. The van der Waals surface area contributed by atoms with Gasteiger partial charge in [0.05, 0.1) is 17.7 Å². The van der Waals surface area contributed by atoms with Crippen LogP contribution < -0.4 is 5.69 Å². The Balaban J connectivity index is 2.38. The fraction of sp³-hybridized carbons (Fsp3) is 0.385. The Hall–Kier alpha value is -2.02. The van der Waals surface area contributed by atoms with Crippen LogP contribution in [0.15, 0.2) is 15.7 Å². The fourth-order valence-corrected chi connectivity index (χ4v) is 2.65. The van der Waals surface area contributed by atoms with Crippen molar-refractivity contribution in [3.63, 3.8) is 0 Å². The van der Waals surface area contributed by atoms with Crippen molar-refractivity contribution in [1.29, 1.82) is 0 Å². The summed E-state index contributed by atoms with van der Waals surface area (Å²) in [7, 11) is 0.